The molecule has 0 amide bonds. The molecule has 0 spiro atoms. The number of nitrogens with zero attached hydrogens (tertiary/aromatic N) is 2. The van der Waals surface area contributed by atoms with Gasteiger partial charge in [-0.05, 0) is 36.8 Å². The second-order valence-electron chi connectivity index (χ2n) is 5.87. The van der Waals surface area contributed by atoms with E-state index >= 15 is 0 Å². The maximum absolute atomic E-state index is 13.2. The van der Waals surface area contributed by atoms with Gasteiger partial charge in [-0.15, -0.1) is 0 Å². The Hall–Kier alpha value is -2.29. The van der Waals surface area contributed by atoms with Crippen molar-refractivity contribution in [1.29, 1.82) is 0 Å². The molecule has 3 rings (SSSR count). The highest BCUT2D eigenvalue weighted by Crippen LogP contribution is 2.28. The van der Waals surface area contributed by atoms with Crippen molar-refractivity contribution < 1.29 is 17.9 Å². The van der Waals surface area contributed by atoms with Crippen molar-refractivity contribution in [2.24, 2.45) is 0 Å². The van der Waals surface area contributed by atoms with Gasteiger partial charge in [-0.2, -0.15) is 4.31 Å². The number of aromatic nitrogens is 1. The Morgan fingerprint density at radius 3 is 2.92 bits per heavy atom. The maximum Gasteiger partial charge on any atom is 0.338 e. The zero-order valence-corrected chi connectivity index (χ0v) is 15.3. The van der Waals surface area contributed by atoms with Crippen LogP contribution in [0, 0.1) is 0 Å². The number of rotatable bonds is 5. The third-order valence-corrected chi connectivity index (χ3v) is 6.12. The molecular weight excluding hydrogens is 354 g/mol. The topological polar surface area (TPSA) is 88.6 Å². The molecule has 1 fully saturated rings. The highest BCUT2D eigenvalue weighted by atomic mass is 32.2. The monoisotopic (exact) mass is 375 g/mol. The van der Waals surface area contributed by atoms with E-state index in [1.807, 2.05) is 6.07 Å². The quantitative estimate of drug-likeness (QED) is 0.799. The van der Waals surface area contributed by atoms with E-state index in [9.17, 15) is 13.2 Å². The summed E-state index contributed by atoms with van der Waals surface area (Å²) in [6.07, 6.45) is 3.33. The van der Waals surface area contributed by atoms with Gasteiger partial charge in [-0.1, -0.05) is 12.1 Å². The van der Waals surface area contributed by atoms with E-state index in [1.165, 1.54) is 16.4 Å². The largest absolute Gasteiger partial charge is 0.462 e. The number of hydrogen-bond acceptors (Lipinski definition) is 6. The molecule has 8 heteroatoms. The first-order valence-electron chi connectivity index (χ1n) is 8.43. The van der Waals surface area contributed by atoms with Crippen molar-refractivity contribution in [3.05, 3.63) is 59.9 Å². The molecule has 2 aromatic rings. The second kappa shape index (κ2) is 7.94. The Bertz CT molecular complexity index is 871. The lowest BCUT2D eigenvalue weighted by atomic mass is 10.1. The summed E-state index contributed by atoms with van der Waals surface area (Å²) in [6.45, 7) is 3.34. The number of hydrogen-bond donors (Lipinski definition) is 1. The molecule has 26 heavy (non-hydrogen) atoms. The zero-order chi connectivity index (χ0) is 18.6. The Balaban J connectivity index is 1.95. The minimum atomic E-state index is -3.77. The van der Waals surface area contributed by atoms with Gasteiger partial charge in [0, 0.05) is 32.0 Å². The molecule has 1 aromatic carbocycles. The Morgan fingerprint density at radius 1 is 1.35 bits per heavy atom. The van der Waals surface area contributed by atoms with Crippen molar-refractivity contribution in [2.45, 2.75) is 17.9 Å². The van der Waals surface area contributed by atoms with Crippen molar-refractivity contribution in [3.8, 4) is 0 Å². The molecule has 0 radical (unpaired) electrons. The number of sulfonamides is 1. The molecule has 1 saturated heterocycles. The molecule has 1 aliphatic rings. The first-order chi connectivity index (χ1) is 12.5. The number of ether oxygens (including phenoxy) is 1. The minimum absolute atomic E-state index is 0.0823. The predicted molar refractivity (Wildman–Crippen MR) is 96.1 cm³/mol. The second-order valence-corrected chi connectivity index (χ2v) is 7.76. The van der Waals surface area contributed by atoms with Gasteiger partial charge < -0.3 is 10.1 Å². The zero-order valence-electron chi connectivity index (χ0n) is 14.5. The van der Waals surface area contributed by atoms with E-state index < -0.39 is 16.0 Å². The van der Waals surface area contributed by atoms with Gasteiger partial charge in [0.1, 0.15) is 0 Å². The fourth-order valence-electron chi connectivity index (χ4n) is 2.96. The molecule has 1 aliphatic heterocycles. The highest BCUT2D eigenvalue weighted by Gasteiger charge is 2.34. The van der Waals surface area contributed by atoms with Crippen molar-refractivity contribution in [3.63, 3.8) is 0 Å². The number of carbonyl (C=O) groups is 1. The molecule has 7 nitrogen and oxygen atoms in total. The molecule has 138 valence electrons. The Kier molecular flexibility index (Phi) is 5.65. The number of benzene rings is 1. The standard InChI is InChI=1S/C18H21N3O4S/c1-2-25-18(22)14-5-3-7-16(11-14)26(23,24)21-10-9-20-13-17(21)15-6-4-8-19-12-15/h3-8,11-12,17,20H,2,9-10,13H2,1H3. The summed E-state index contributed by atoms with van der Waals surface area (Å²) >= 11 is 0. The highest BCUT2D eigenvalue weighted by molar-refractivity contribution is 7.89. The van der Waals surface area contributed by atoms with Crippen LogP contribution in [0.1, 0.15) is 28.9 Å². The van der Waals surface area contributed by atoms with Crippen LogP contribution in [-0.4, -0.2) is 49.9 Å². The number of esters is 1. The van der Waals surface area contributed by atoms with Crippen LogP contribution in [0.2, 0.25) is 0 Å². The fourth-order valence-corrected chi connectivity index (χ4v) is 4.62. The van der Waals surface area contributed by atoms with E-state index in [0.717, 1.165) is 5.56 Å². The fraction of sp³-hybridized carbons (Fsp3) is 0.333. The summed E-state index contributed by atoms with van der Waals surface area (Å²) in [6, 6.07) is 9.27. The van der Waals surface area contributed by atoms with E-state index in [1.54, 1.807) is 37.5 Å². The smallest absolute Gasteiger partial charge is 0.338 e. The van der Waals surface area contributed by atoms with Crippen LogP contribution in [0.15, 0.2) is 53.7 Å². The van der Waals surface area contributed by atoms with E-state index in [0.29, 0.717) is 19.6 Å². The van der Waals surface area contributed by atoms with Crippen molar-refractivity contribution >= 4 is 16.0 Å². The molecule has 0 bridgehead atoms. The van der Waals surface area contributed by atoms with Gasteiger partial charge in [0.2, 0.25) is 10.0 Å². The van der Waals surface area contributed by atoms with Crippen LogP contribution >= 0.6 is 0 Å². The third kappa shape index (κ3) is 3.77. The van der Waals surface area contributed by atoms with Gasteiger partial charge in [-0.3, -0.25) is 4.98 Å². The Morgan fingerprint density at radius 2 is 2.19 bits per heavy atom. The van der Waals surface area contributed by atoms with Crippen LogP contribution in [0.4, 0.5) is 0 Å². The van der Waals surface area contributed by atoms with Crippen LogP contribution in [0.5, 0.6) is 0 Å². The van der Waals surface area contributed by atoms with Crippen molar-refractivity contribution in [1.82, 2.24) is 14.6 Å². The molecule has 1 N–H and O–H groups in total. The molecule has 0 saturated carbocycles. The summed E-state index contributed by atoms with van der Waals surface area (Å²) in [5.41, 5.74) is 1.05. The number of piperazine rings is 1. The molecular formula is C18H21N3O4S. The third-order valence-electron chi connectivity index (χ3n) is 4.22. The first kappa shape index (κ1) is 18.5. The molecule has 1 atom stereocenters. The molecule has 1 unspecified atom stereocenters. The van der Waals surface area contributed by atoms with Gasteiger partial charge in [0.15, 0.2) is 0 Å². The lowest BCUT2D eigenvalue weighted by molar-refractivity contribution is 0.0526. The van der Waals surface area contributed by atoms with Crippen molar-refractivity contribution in [2.75, 3.05) is 26.2 Å². The lowest BCUT2D eigenvalue weighted by Crippen LogP contribution is -2.48. The first-order valence-corrected chi connectivity index (χ1v) is 9.87. The van der Waals surface area contributed by atoms with Crippen LogP contribution in [-0.2, 0) is 14.8 Å². The summed E-state index contributed by atoms with van der Waals surface area (Å²) in [4.78, 5) is 16.1. The summed E-state index contributed by atoms with van der Waals surface area (Å²) in [7, 11) is -3.77. The molecule has 1 aromatic heterocycles. The minimum Gasteiger partial charge on any atom is -0.462 e. The number of pyridine rings is 1. The van der Waals surface area contributed by atoms with Crippen LogP contribution < -0.4 is 5.32 Å². The maximum atomic E-state index is 13.2. The normalized spacial score (nSPS) is 18.4. The van der Waals surface area contributed by atoms with Crippen LogP contribution in [0.3, 0.4) is 0 Å². The average molecular weight is 375 g/mol. The predicted octanol–water partition coefficient (Wildman–Crippen LogP) is 1.59. The SMILES string of the molecule is CCOC(=O)c1cccc(S(=O)(=O)N2CCNCC2c2cccnc2)c1. The van der Waals surface area contributed by atoms with Gasteiger partial charge in [0.05, 0.1) is 23.1 Å². The lowest BCUT2D eigenvalue weighted by Gasteiger charge is -2.35. The van der Waals surface area contributed by atoms with Gasteiger partial charge in [0.25, 0.3) is 0 Å². The average Bonchev–Trinajstić information content (AvgIpc) is 2.69. The number of nitrogens with one attached hydrogen (secondary N) is 1. The summed E-state index contributed by atoms with van der Waals surface area (Å²) < 4.78 is 32.9. The van der Waals surface area contributed by atoms with Gasteiger partial charge >= 0.3 is 5.97 Å². The summed E-state index contributed by atoms with van der Waals surface area (Å²) in [5.74, 6) is -0.534. The van der Waals surface area contributed by atoms with E-state index in [4.69, 9.17) is 4.74 Å². The molecule has 2 heterocycles. The molecule has 0 aliphatic carbocycles. The Labute approximate surface area is 153 Å². The summed E-state index contributed by atoms with van der Waals surface area (Å²) in [5, 5.41) is 3.23. The number of carbonyl (C=O) groups excluding carboxylic acids is 1. The van der Waals surface area contributed by atoms with Crippen LogP contribution in [0.25, 0.3) is 0 Å². The van der Waals surface area contributed by atoms with E-state index in [2.05, 4.69) is 10.3 Å². The van der Waals surface area contributed by atoms with Gasteiger partial charge in [-0.25, -0.2) is 13.2 Å². The van der Waals surface area contributed by atoms with E-state index in [-0.39, 0.29) is 23.1 Å².